The van der Waals surface area contributed by atoms with Crippen molar-refractivity contribution in [3.05, 3.63) is 107 Å². The number of carbonyl (C=O) groups excluding carboxylic acids is 2. The molecule has 0 saturated carbocycles. The maximum atomic E-state index is 13.6. The Hall–Kier alpha value is -3.54. The van der Waals surface area contributed by atoms with E-state index >= 15 is 0 Å². The van der Waals surface area contributed by atoms with Crippen LogP contribution in [0.1, 0.15) is 40.4 Å². The molecule has 0 unspecified atom stereocenters. The molecule has 3 aromatic carbocycles. The van der Waals surface area contributed by atoms with Gasteiger partial charge in [-0.3, -0.25) is 9.59 Å². The number of benzene rings is 3. The minimum absolute atomic E-state index is 0.157. The zero-order chi connectivity index (χ0) is 21.3. The lowest BCUT2D eigenvalue weighted by Crippen LogP contribution is -2.31. The van der Waals surface area contributed by atoms with Gasteiger partial charge in [0.15, 0.2) is 0 Å². The highest BCUT2D eigenvalue weighted by molar-refractivity contribution is 5.94. The molecule has 2 amide bonds. The molecule has 0 aliphatic rings. The summed E-state index contributed by atoms with van der Waals surface area (Å²) in [5.74, 6) is -2.46. The Morgan fingerprint density at radius 3 is 2.00 bits per heavy atom. The van der Waals surface area contributed by atoms with Gasteiger partial charge in [-0.05, 0) is 29.7 Å². The van der Waals surface area contributed by atoms with E-state index in [4.69, 9.17) is 0 Å². The van der Waals surface area contributed by atoms with Gasteiger partial charge in [0, 0.05) is 19.0 Å². The molecule has 0 aliphatic heterocycles. The predicted molar refractivity (Wildman–Crippen MR) is 111 cm³/mol. The van der Waals surface area contributed by atoms with E-state index in [1.54, 1.807) is 0 Å². The van der Waals surface area contributed by atoms with Crippen LogP contribution in [0.5, 0.6) is 0 Å². The summed E-state index contributed by atoms with van der Waals surface area (Å²) in [6.45, 7) is 0.199. The Morgan fingerprint density at radius 1 is 0.833 bits per heavy atom. The summed E-state index contributed by atoms with van der Waals surface area (Å²) in [5, 5.41) is 5.58. The summed E-state index contributed by atoms with van der Waals surface area (Å²) in [4.78, 5) is 24.5. The van der Waals surface area contributed by atoms with E-state index in [9.17, 15) is 18.4 Å². The van der Waals surface area contributed by atoms with Crippen LogP contribution >= 0.6 is 0 Å². The van der Waals surface area contributed by atoms with Crippen LogP contribution in [0.3, 0.4) is 0 Å². The molecule has 154 valence electrons. The molecule has 4 nitrogen and oxygen atoms in total. The number of amides is 2. The Labute approximate surface area is 173 Å². The molecule has 0 saturated heterocycles. The third-order valence-electron chi connectivity index (χ3n) is 4.61. The van der Waals surface area contributed by atoms with Crippen molar-refractivity contribution in [2.24, 2.45) is 0 Å². The van der Waals surface area contributed by atoms with Crippen LogP contribution in [0, 0.1) is 11.6 Å². The SMILES string of the molecule is O=C(CCCNC(=O)c1ccc(F)cc1F)NC(c1ccccc1)c1ccccc1. The van der Waals surface area contributed by atoms with Gasteiger partial charge in [0.25, 0.3) is 5.91 Å². The predicted octanol–water partition coefficient (Wildman–Crippen LogP) is 4.38. The van der Waals surface area contributed by atoms with Gasteiger partial charge in [-0.15, -0.1) is 0 Å². The second-order valence-corrected chi connectivity index (χ2v) is 6.81. The first-order valence-electron chi connectivity index (χ1n) is 9.67. The number of nitrogens with one attached hydrogen (secondary N) is 2. The van der Waals surface area contributed by atoms with Crippen molar-refractivity contribution in [1.29, 1.82) is 0 Å². The molecule has 30 heavy (non-hydrogen) atoms. The Morgan fingerprint density at radius 2 is 1.43 bits per heavy atom. The van der Waals surface area contributed by atoms with Gasteiger partial charge < -0.3 is 10.6 Å². The first-order chi connectivity index (χ1) is 14.5. The molecule has 6 heteroatoms. The van der Waals surface area contributed by atoms with Gasteiger partial charge in [-0.2, -0.15) is 0 Å². The van der Waals surface area contributed by atoms with Gasteiger partial charge in [0.05, 0.1) is 11.6 Å². The summed E-state index contributed by atoms with van der Waals surface area (Å²) < 4.78 is 26.6. The highest BCUT2D eigenvalue weighted by Gasteiger charge is 2.17. The number of rotatable bonds is 8. The first kappa shape index (κ1) is 21.2. The molecule has 0 heterocycles. The molecule has 0 radical (unpaired) electrons. The molecule has 0 aromatic heterocycles. The Kier molecular flexibility index (Phi) is 7.27. The lowest BCUT2D eigenvalue weighted by atomic mass is 9.98. The van der Waals surface area contributed by atoms with Gasteiger partial charge in [-0.25, -0.2) is 8.78 Å². The zero-order valence-corrected chi connectivity index (χ0v) is 16.3. The number of hydrogen-bond acceptors (Lipinski definition) is 2. The zero-order valence-electron chi connectivity index (χ0n) is 16.3. The summed E-state index contributed by atoms with van der Waals surface area (Å²) in [7, 11) is 0. The minimum atomic E-state index is -0.918. The number of halogens is 2. The maximum absolute atomic E-state index is 13.6. The van der Waals surface area contributed by atoms with Crippen LogP contribution in [0.25, 0.3) is 0 Å². The normalized spacial score (nSPS) is 10.6. The maximum Gasteiger partial charge on any atom is 0.254 e. The second-order valence-electron chi connectivity index (χ2n) is 6.81. The number of carbonyl (C=O) groups is 2. The van der Waals surface area contributed by atoms with Crippen LogP contribution in [0.15, 0.2) is 78.9 Å². The fourth-order valence-electron chi connectivity index (χ4n) is 3.10. The van der Waals surface area contributed by atoms with E-state index in [0.29, 0.717) is 12.5 Å². The smallest absolute Gasteiger partial charge is 0.254 e. The lowest BCUT2D eigenvalue weighted by Gasteiger charge is -2.20. The molecule has 0 aliphatic carbocycles. The largest absolute Gasteiger partial charge is 0.352 e. The second kappa shape index (κ2) is 10.3. The third kappa shape index (κ3) is 5.73. The van der Waals surface area contributed by atoms with Gasteiger partial charge in [0.1, 0.15) is 11.6 Å². The molecular formula is C24H22F2N2O2. The monoisotopic (exact) mass is 408 g/mol. The molecule has 0 fully saturated rings. The molecule has 3 rings (SSSR count). The van der Waals surface area contributed by atoms with Gasteiger partial charge >= 0.3 is 0 Å². The van der Waals surface area contributed by atoms with Crippen LogP contribution in [0.2, 0.25) is 0 Å². The van der Waals surface area contributed by atoms with Crippen molar-refractivity contribution in [1.82, 2.24) is 10.6 Å². The lowest BCUT2D eigenvalue weighted by molar-refractivity contribution is -0.121. The standard InChI is InChI=1S/C24H22F2N2O2/c25-19-13-14-20(21(26)16-19)24(30)27-15-7-12-22(29)28-23(17-8-3-1-4-9-17)18-10-5-2-6-11-18/h1-6,8-11,13-14,16,23H,7,12,15H2,(H,27,30)(H,28,29). The van der Waals surface area contributed by atoms with Gasteiger partial charge in [0.2, 0.25) is 5.91 Å². The van der Waals surface area contributed by atoms with Crippen molar-refractivity contribution in [2.75, 3.05) is 6.54 Å². The van der Waals surface area contributed by atoms with Crippen molar-refractivity contribution in [3.63, 3.8) is 0 Å². The average molecular weight is 408 g/mol. The van der Waals surface area contributed by atoms with E-state index in [0.717, 1.165) is 23.3 Å². The first-order valence-corrected chi connectivity index (χ1v) is 9.67. The highest BCUT2D eigenvalue weighted by Crippen LogP contribution is 2.21. The Balaban J connectivity index is 1.53. The van der Waals surface area contributed by atoms with Crippen LogP contribution in [-0.2, 0) is 4.79 Å². The average Bonchev–Trinajstić information content (AvgIpc) is 2.76. The van der Waals surface area contributed by atoms with E-state index in [1.807, 2.05) is 60.7 Å². The molecule has 2 N–H and O–H groups in total. The van der Waals surface area contributed by atoms with Crippen molar-refractivity contribution >= 4 is 11.8 Å². The van der Waals surface area contributed by atoms with E-state index in [1.165, 1.54) is 0 Å². The van der Waals surface area contributed by atoms with E-state index in [-0.39, 0.29) is 30.5 Å². The fourth-order valence-corrected chi connectivity index (χ4v) is 3.10. The topological polar surface area (TPSA) is 58.2 Å². The van der Waals surface area contributed by atoms with Gasteiger partial charge in [-0.1, -0.05) is 60.7 Å². The molecule has 3 aromatic rings. The van der Waals surface area contributed by atoms with Crippen molar-refractivity contribution in [2.45, 2.75) is 18.9 Å². The number of hydrogen-bond donors (Lipinski definition) is 2. The highest BCUT2D eigenvalue weighted by atomic mass is 19.1. The molecule has 0 atom stereocenters. The molecular weight excluding hydrogens is 386 g/mol. The molecule has 0 bridgehead atoms. The summed E-state index contributed by atoms with van der Waals surface area (Å²) >= 11 is 0. The quantitative estimate of drug-likeness (QED) is 0.544. The van der Waals surface area contributed by atoms with Crippen LogP contribution in [0.4, 0.5) is 8.78 Å². The minimum Gasteiger partial charge on any atom is -0.352 e. The van der Waals surface area contributed by atoms with Crippen LogP contribution < -0.4 is 10.6 Å². The van der Waals surface area contributed by atoms with E-state index in [2.05, 4.69) is 10.6 Å². The summed E-state index contributed by atoms with van der Waals surface area (Å²) in [6, 6.07) is 21.8. The Bertz CT molecular complexity index is 955. The summed E-state index contributed by atoms with van der Waals surface area (Å²) in [6.07, 6.45) is 0.582. The van der Waals surface area contributed by atoms with Crippen LogP contribution in [-0.4, -0.2) is 18.4 Å². The van der Waals surface area contributed by atoms with E-state index < -0.39 is 17.5 Å². The van der Waals surface area contributed by atoms with Crippen molar-refractivity contribution < 1.29 is 18.4 Å². The molecule has 0 spiro atoms. The summed E-state index contributed by atoms with van der Waals surface area (Å²) in [5.41, 5.74) is 1.71. The fraction of sp³-hybridized carbons (Fsp3) is 0.167. The van der Waals surface area contributed by atoms with Crippen molar-refractivity contribution in [3.8, 4) is 0 Å². The third-order valence-corrected chi connectivity index (χ3v) is 4.61.